The molecular formula is C76H48N8Si. The number of aromatic nitrogens is 7. The van der Waals surface area contributed by atoms with Crippen LogP contribution in [0.2, 0.25) is 0 Å². The van der Waals surface area contributed by atoms with E-state index >= 15 is 0 Å². The minimum absolute atomic E-state index is 0.459. The first-order valence-corrected chi connectivity index (χ1v) is 30.7. The summed E-state index contributed by atoms with van der Waals surface area (Å²) in [5.74, 6) is 1.45. The molecule has 0 spiro atoms. The summed E-state index contributed by atoms with van der Waals surface area (Å²) in [7, 11) is -2.86. The molecule has 0 N–H and O–H groups in total. The fourth-order valence-corrected chi connectivity index (χ4v) is 18.5. The second kappa shape index (κ2) is 19.1. The maximum atomic E-state index is 10.2. The van der Waals surface area contributed by atoms with Gasteiger partial charge in [-0.25, -0.2) is 0 Å². The zero-order valence-electron chi connectivity index (χ0n) is 45.8. The SMILES string of the molecule is N#Cc1ccc2c(c1)c1ccccc1n2-c1nc(-c2ccc([Si](c3ccccc3)(c3ccccc3)c3ccccc3)cc2)nc(-n2c3ccc(-n4c5ccccc5c5ccccc54)cc3c3cc(-n4c5ccccc5c5ccccc54)ccc32)n1. The molecule has 0 saturated carbocycles. The lowest BCUT2D eigenvalue weighted by molar-refractivity contribution is 0.892. The van der Waals surface area contributed by atoms with E-state index in [2.05, 4.69) is 285 Å². The van der Waals surface area contributed by atoms with Gasteiger partial charge in [-0.15, -0.1) is 0 Å². The first-order valence-electron chi connectivity index (χ1n) is 28.7. The van der Waals surface area contributed by atoms with Crippen molar-refractivity contribution in [3.8, 4) is 40.7 Å². The van der Waals surface area contributed by atoms with Gasteiger partial charge < -0.3 is 9.13 Å². The Morgan fingerprint density at radius 1 is 0.271 bits per heavy atom. The Bertz CT molecular complexity index is 5180. The van der Waals surface area contributed by atoms with Crippen molar-refractivity contribution in [1.29, 1.82) is 5.26 Å². The molecule has 0 aliphatic heterocycles. The first kappa shape index (κ1) is 48.3. The van der Waals surface area contributed by atoms with Crippen LogP contribution in [0.3, 0.4) is 0 Å². The third-order valence-electron chi connectivity index (χ3n) is 17.4. The molecule has 5 aromatic heterocycles. The molecule has 12 aromatic carbocycles. The number of para-hydroxylation sites is 5. The number of hydrogen-bond donors (Lipinski definition) is 0. The van der Waals surface area contributed by atoms with E-state index in [1.807, 2.05) is 30.3 Å². The molecule has 0 unspecified atom stereocenters. The third-order valence-corrected chi connectivity index (χ3v) is 22.2. The molecule has 9 heteroatoms. The molecule has 0 atom stereocenters. The fraction of sp³-hybridized carbons (Fsp3) is 0. The standard InChI is InChI=1S/C76H48N8Si/c77-49-50-36-43-71-63(46-50)62-30-14-19-35-70(62)83(71)75-78-74(51-37-41-57(42-38-51)85(54-20-4-1-5-21-54,55-22-6-2-7-23-55)56-24-8-3-9-25-56)79-76(80-75)84-72-44-39-52(81-66-31-15-10-26-58(66)59-27-11-16-32-67(59)81)47-64(72)65-48-53(40-45-73(65)84)82-68-33-17-12-28-60(68)61-29-13-18-34-69(61)82/h1-48H. The Balaban J connectivity index is 0.941. The van der Waals surface area contributed by atoms with Gasteiger partial charge in [0.15, 0.2) is 13.9 Å². The molecule has 0 fully saturated rings. The van der Waals surface area contributed by atoms with Crippen molar-refractivity contribution in [3.05, 3.63) is 297 Å². The van der Waals surface area contributed by atoms with Crippen LogP contribution in [0.1, 0.15) is 5.56 Å². The van der Waals surface area contributed by atoms with Gasteiger partial charge in [0.25, 0.3) is 0 Å². The largest absolute Gasteiger partial charge is 0.309 e. The maximum Gasteiger partial charge on any atom is 0.240 e. The summed E-state index contributed by atoms with van der Waals surface area (Å²) >= 11 is 0. The molecule has 0 aliphatic carbocycles. The molecule has 17 aromatic rings. The van der Waals surface area contributed by atoms with E-state index in [-0.39, 0.29) is 0 Å². The number of rotatable bonds is 9. The summed E-state index contributed by atoms with van der Waals surface area (Å²) in [6.07, 6.45) is 0. The van der Waals surface area contributed by atoms with Gasteiger partial charge in [0.1, 0.15) is 0 Å². The van der Waals surface area contributed by atoms with E-state index in [1.54, 1.807) is 0 Å². The molecular weight excluding hydrogens is 1050 g/mol. The van der Waals surface area contributed by atoms with Gasteiger partial charge in [-0.2, -0.15) is 20.2 Å². The Morgan fingerprint density at radius 3 is 0.988 bits per heavy atom. The Labute approximate surface area is 489 Å². The Kier molecular flexibility index (Phi) is 10.8. The third kappa shape index (κ3) is 7.29. The molecule has 0 aliphatic rings. The molecule has 17 rings (SSSR count). The van der Waals surface area contributed by atoms with Gasteiger partial charge in [-0.3, -0.25) is 9.13 Å². The van der Waals surface area contributed by atoms with E-state index in [0.29, 0.717) is 23.3 Å². The Hall–Kier alpha value is -11.4. The van der Waals surface area contributed by atoms with Crippen molar-refractivity contribution in [2.24, 2.45) is 0 Å². The molecule has 0 radical (unpaired) electrons. The van der Waals surface area contributed by atoms with Crippen molar-refractivity contribution >= 4 is 116 Å². The van der Waals surface area contributed by atoms with E-state index in [1.165, 1.54) is 42.3 Å². The van der Waals surface area contributed by atoms with Crippen LogP contribution in [0.15, 0.2) is 291 Å². The van der Waals surface area contributed by atoms with Crippen molar-refractivity contribution in [3.63, 3.8) is 0 Å². The molecule has 0 saturated heterocycles. The van der Waals surface area contributed by atoms with Crippen molar-refractivity contribution in [1.82, 2.24) is 33.2 Å². The van der Waals surface area contributed by atoms with E-state index in [4.69, 9.17) is 15.0 Å². The second-order valence-corrected chi connectivity index (χ2v) is 25.7. The molecule has 8 nitrogen and oxygen atoms in total. The van der Waals surface area contributed by atoms with E-state index < -0.39 is 8.07 Å². The zero-order chi connectivity index (χ0) is 56.2. The van der Waals surface area contributed by atoms with Gasteiger partial charge in [0.2, 0.25) is 11.9 Å². The summed E-state index contributed by atoms with van der Waals surface area (Å²) in [5.41, 5.74) is 11.8. The Morgan fingerprint density at radius 2 is 0.588 bits per heavy atom. The van der Waals surface area contributed by atoms with Gasteiger partial charge in [0.05, 0.1) is 55.8 Å². The van der Waals surface area contributed by atoms with Crippen LogP contribution in [0.4, 0.5) is 0 Å². The van der Waals surface area contributed by atoms with Crippen LogP contribution in [-0.2, 0) is 0 Å². The normalized spacial score (nSPS) is 12.0. The summed E-state index contributed by atoms with van der Waals surface area (Å²) < 4.78 is 9.12. The van der Waals surface area contributed by atoms with Crippen molar-refractivity contribution in [2.75, 3.05) is 0 Å². The smallest absolute Gasteiger partial charge is 0.240 e. The van der Waals surface area contributed by atoms with Gasteiger partial charge in [-0.1, -0.05) is 206 Å². The van der Waals surface area contributed by atoms with Gasteiger partial charge >= 0.3 is 0 Å². The average Bonchev–Trinajstić information content (AvgIpc) is 3.07. The topological polar surface area (TPSA) is 82.2 Å². The highest BCUT2D eigenvalue weighted by atomic mass is 28.3. The number of fused-ring (bicyclic) bond motifs is 12. The van der Waals surface area contributed by atoms with Crippen LogP contribution in [0.5, 0.6) is 0 Å². The zero-order valence-corrected chi connectivity index (χ0v) is 46.8. The minimum atomic E-state index is -2.86. The van der Waals surface area contributed by atoms with Crippen LogP contribution >= 0.6 is 0 Å². The highest BCUT2D eigenvalue weighted by molar-refractivity contribution is 7.19. The lowest BCUT2D eigenvalue weighted by Crippen LogP contribution is -2.74. The van der Waals surface area contributed by atoms with Crippen molar-refractivity contribution in [2.45, 2.75) is 0 Å². The molecule has 0 amide bonds. The summed E-state index contributed by atoms with van der Waals surface area (Å²) in [6, 6.07) is 107. The van der Waals surface area contributed by atoms with Gasteiger partial charge in [0, 0.05) is 60.0 Å². The average molecular weight is 1100 g/mol. The maximum absolute atomic E-state index is 10.2. The lowest BCUT2D eigenvalue weighted by atomic mass is 10.1. The molecule has 85 heavy (non-hydrogen) atoms. The van der Waals surface area contributed by atoms with Crippen LogP contribution < -0.4 is 20.7 Å². The molecule has 0 bridgehead atoms. The number of nitriles is 1. The van der Waals surface area contributed by atoms with Crippen LogP contribution in [0.25, 0.3) is 122 Å². The second-order valence-electron chi connectivity index (χ2n) is 21.9. The highest BCUT2D eigenvalue weighted by Crippen LogP contribution is 2.40. The van der Waals surface area contributed by atoms with Crippen LogP contribution in [-0.4, -0.2) is 41.3 Å². The van der Waals surface area contributed by atoms with E-state index in [9.17, 15) is 5.26 Å². The number of hydrogen-bond acceptors (Lipinski definition) is 4. The van der Waals surface area contributed by atoms with Crippen LogP contribution in [0, 0.1) is 11.3 Å². The summed E-state index contributed by atoms with van der Waals surface area (Å²) in [6.45, 7) is 0. The summed E-state index contributed by atoms with van der Waals surface area (Å²) in [4.78, 5) is 16.7. The van der Waals surface area contributed by atoms with Gasteiger partial charge in [-0.05, 0) is 106 Å². The summed E-state index contributed by atoms with van der Waals surface area (Å²) in [5, 5.41) is 24.2. The van der Waals surface area contributed by atoms with E-state index in [0.717, 1.165) is 82.6 Å². The molecule has 396 valence electrons. The molecule has 5 heterocycles. The highest BCUT2D eigenvalue weighted by Gasteiger charge is 2.41. The fourth-order valence-electron chi connectivity index (χ4n) is 13.8. The van der Waals surface area contributed by atoms with Crippen molar-refractivity contribution < 1.29 is 0 Å². The monoisotopic (exact) mass is 1100 g/mol. The first-order chi connectivity index (χ1) is 42.1. The number of benzene rings is 12. The predicted molar refractivity (Wildman–Crippen MR) is 351 cm³/mol. The number of nitrogens with zero attached hydrogens (tertiary/aromatic N) is 8. The lowest BCUT2D eigenvalue weighted by Gasteiger charge is -2.34. The quantitative estimate of drug-likeness (QED) is 0.107. The predicted octanol–water partition coefficient (Wildman–Crippen LogP) is 15.2. The minimum Gasteiger partial charge on any atom is -0.309 e.